The molecule has 0 radical (unpaired) electrons. The van der Waals surface area contributed by atoms with Crippen LogP contribution in [0.5, 0.6) is 0 Å². The number of nitrogens with two attached hydrogens (primary N) is 2. The van der Waals surface area contributed by atoms with E-state index in [2.05, 4.69) is 20.3 Å². The molecule has 1 saturated carbocycles. The number of carbonyl (C=O) groups excluding carboxylic acids is 1. The van der Waals surface area contributed by atoms with Crippen LogP contribution in [-0.4, -0.2) is 26.9 Å². The summed E-state index contributed by atoms with van der Waals surface area (Å²) >= 11 is 1.39. The number of amides is 1. The van der Waals surface area contributed by atoms with Gasteiger partial charge in [-0.15, -0.1) is 11.3 Å². The number of benzene rings is 1. The molecule has 0 aliphatic heterocycles. The van der Waals surface area contributed by atoms with Gasteiger partial charge in [0.1, 0.15) is 16.1 Å². The molecule has 0 unspecified atom stereocenters. The lowest BCUT2D eigenvalue weighted by Gasteiger charge is -2.34. The Hall–Kier alpha value is -3.05. The van der Waals surface area contributed by atoms with E-state index in [1.54, 1.807) is 18.3 Å². The summed E-state index contributed by atoms with van der Waals surface area (Å²) in [5.74, 6) is -0.554. The maximum atomic E-state index is 13.0. The third-order valence-corrected chi connectivity index (χ3v) is 7.09. The number of primary amides is 1. The predicted octanol–water partition coefficient (Wildman–Crippen LogP) is 4.30. The topological polar surface area (TPSA) is 120 Å². The fraction of sp³-hybridized carbons (Fsp3) is 0.364. The Bertz CT molecular complexity index is 1170. The van der Waals surface area contributed by atoms with Crippen molar-refractivity contribution < 1.29 is 18.0 Å². The van der Waals surface area contributed by atoms with Crippen molar-refractivity contribution in [1.29, 1.82) is 0 Å². The smallest absolute Gasteiger partial charge is 0.369 e. The number of carbonyl (C=O) groups is 1. The summed E-state index contributed by atoms with van der Waals surface area (Å²) < 4.78 is 38.9. The van der Waals surface area contributed by atoms with Crippen molar-refractivity contribution in [3.8, 4) is 10.4 Å². The molecule has 1 aliphatic rings. The Morgan fingerprint density at radius 3 is 2.61 bits per heavy atom. The number of hydrogen-bond acceptors (Lipinski definition) is 7. The fourth-order valence-corrected chi connectivity index (χ4v) is 5.19. The minimum absolute atomic E-state index is 0.0559. The maximum absolute atomic E-state index is 13.0. The molecule has 0 bridgehead atoms. The summed E-state index contributed by atoms with van der Waals surface area (Å²) in [4.78, 5) is 25.2. The number of aromatic nitrogens is 3. The molecule has 33 heavy (non-hydrogen) atoms. The zero-order valence-electron chi connectivity index (χ0n) is 17.8. The molecule has 0 spiro atoms. The van der Waals surface area contributed by atoms with Gasteiger partial charge in [0.05, 0.1) is 4.88 Å². The number of nitrogens with zero attached hydrogens (tertiary/aromatic N) is 3. The minimum atomic E-state index is -4.56. The summed E-state index contributed by atoms with van der Waals surface area (Å²) in [5.41, 5.74) is 12.2. The van der Waals surface area contributed by atoms with Gasteiger partial charge in [0, 0.05) is 24.1 Å². The summed E-state index contributed by atoms with van der Waals surface area (Å²) in [6.07, 6.45) is 0.715. The number of thiazole rings is 1. The van der Waals surface area contributed by atoms with Gasteiger partial charge in [-0.1, -0.05) is 6.07 Å². The van der Waals surface area contributed by atoms with Crippen molar-refractivity contribution in [2.45, 2.75) is 50.2 Å². The van der Waals surface area contributed by atoms with Gasteiger partial charge in [0.15, 0.2) is 0 Å². The second kappa shape index (κ2) is 8.71. The van der Waals surface area contributed by atoms with Gasteiger partial charge < -0.3 is 16.8 Å². The van der Waals surface area contributed by atoms with Gasteiger partial charge in [0.2, 0.25) is 11.9 Å². The van der Waals surface area contributed by atoms with Gasteiger partial charge in [-0.05, 0) is 61.9 Å². The Balaban J connectivity index is 1.63. The monoisotopic (exact) mass is 476 g/mol. The number of hydrogen-bond donors (Lipinski definition) is 3. The predicted molar refractivity (Wildman–Crippen MR) is 120 cm³/mol. The molecule has 11 heteroatoms. The van der Waals surface area contributed by atoms with Gasteiger partial charge in [-0.2, -0.15) is 13.2 Å². The van der Waals surface area contributed by atoms with Crippen molar-refractivity contribution in [2.75, 3.05) is 5.32 Å². The lowest BCUT2D eigenvalue weighted by Crippen LogP contribution is -2.46. The van der Waals surface area contributed by atoms with Crippen LogP contribution >= 0.6 is 11.3 Å². The molecule has 2 heterocycles. The minimum Gasteiger partial charge on any atom is -0.369 e. The summed E-state index contributed by atoms with van der Waals surface area (Å²) in [6, 6.07) is 6.37. The first-order valence-electron chi connectivity index (χ1n) is 10.4. The normalized spacial score (nSPS) is 21.1. The second-order valence-electron chi connectivity index (χ2n) is 8.29. The molecule has 1 amide bonds. The molecule has 1 aliphatic carbocycles. The number of aryl methyl sites for hydroxylation is 1. The molecular formula is C22H23F3N6OS. The number of rotatable bonds is 5. The van der Waals surface area contributed by atoms with E-state index in [1.807, 2.05) is 13.0 Å². The molecule has 5 N–H and O–H groups in total. The number of anilines is 2. The van der Waals surface area contributed by atoms with Crippen molar-refractivity contribution in [3.63, 3.8) is 0 Å². The van der Waals surface area contributed by atoms with Crippen LogP contribution in [0.15, 0.2) is 36.7 Å². The Kier molecular flexibility index (Phi) is 6.10. The van der Waals surface area contributed by atoms with Crippen LogP contribution in [0.3, 0.4) is 0 Å². The molecule has 2 aromatic heterocycles. The average molecular weight is 477 g/mol. The summed E-state index contributed by atoms with van der Waals surface area (Å²) in [6.45, 7) is 1.87. The highest BCUT2D eigenvalue weighted by Crippen LogP contribution is 2.43. The summed E-state index contributed by atoms with van der Waals surface area (Å²) in [7, 11) is 0. The highest BCUT2D eigenvalue weighted by molar-refractivity contribution is 7.15. The van der Waals surface area contributed by atoms with Gasteiger partial charge >= 0.3 is 6.18 Å². The molecule has 0 saturated heterocycles. The molecule has 7 nitrogen and oxygen atoms in total. The maximum Gasteiger partial charge on any atom is 0.433 e. The first-order valence-corrected chi connectivity index (χ1v) is 11.2. The highest BCUT2D eigenvalue weighted by Gasteiger charge is 2.43. The Morgan fingerprint density at radius 1 is 1.21 bits per heavy atom. The van der Waals surface area contributed by atoms with E-state index < -0.39 is 23.2 Å². The molecule has 0 atom stereocenters. The van der Waals surface area contributed by atoms with E-state index >= 15 is 0 Å². The van der Waals surface area contributed by atoms with E-state index in [4.69, 9.17) is 11.5 Å². The standard InChI is InChI=1S/C22H23F3N6OS/c1-12-8-13(10-15(9-12)30-20-28-7-4-17(31-20)22(23,24)25)16-11-29-19(33-16)21(18(27)32)5-2-14(26)3-6-21/h4,7-11,14H,2-3,5-6,26H2,1H3,(H2,27,32)(H,28,30,31). The van der Waals surface area contributed by atoms with E-state index in [-0.39, 0.29) is 12.0 Å². The quantitative estimate of drug-likeness (QED) is 0.505. The fourth-order valence-electron chi connectivity index (χ4n) is 4.03. The van der Waals surface area contributed by atoms with Crippen LogP contribution in [0, 0.1) is 6.92 Å². The third-order valence-electron chi connectivity index (χ3n) is 5.83. The van der Waals surface area contributed by atoms with Crippen LogP contribution in [0.25, 0.3) is 10.4 Å². The lowest BCUT2D eigenvalue weighted by atomic mass is 9.72. The first-order chi connectivity index (χ1) is 15.6. The molecule has 3 aromatic rings. The average Bonchev–Trinajstić information content (AvgIpc) is 3.24. The van der Waals surface area contributed by atoms with Crippen LogP contribution in [0.4, 0.5) is 24.8 Å². The molecule has 4 rings (SSSR count). The van der Waals surface area contributed by atoms with E-state index in [9.17, 15) is 18.0 Å². The van der Waals surface area contributed by atoms with Crippen molar-refractivity contribution in [2.24, 2.45) is 11.5 Å². The van der Waals surface area contributed by atoms with Gasteiger partial charge in [-0.3, -0.25) is 4.79 Å². The Morgan fingerprint density at radius 2 is 1.94 bits per heavy atom. The largest absolute Gasteiger partial charge is 0.433 e. The van der Waals surface area contributed by atoms with Crippen molar-refractivity contribution in [1.82, 2.24) is 15.0 Å². The summed E-state index contributed by atoms with van der Waals surface area (Å²) in [5, 5.41) is 3.50. The highest BCUT2D eigenvalue weighted by atomic mass is 32.1. The molecule has 1 fully saturated rings. The first kappa shape index (κ1) is 23.1. The SMILES string of the molecule is Cc1cc(Nc2nccc(C(F)(F)F)n2)cc(-c2cnc(C3(C(N)=O)CCC(N)CC3)s2)c1. The number of nitrogens with one attached hydrogen (secondary N) is 1. The van der Waals surface area contributed by atoms with Crippen LogP contribution in [-0.2, 0) is 16.4 Å². The third kappa shape index (κ3) is 4.83. The van der Waals surface area contributed by atoms with Crippen molar-refractivity contribution >= 4 is 28.9 Å². The van der Waals surface area contributed by atoms with Crippen LogP contribution in [0.2, 0.25) is 0 Å². The number of halogens is 3. The van der Waals surface area contributed by atoms with Gasteiger partial charge in [0.25, 0.3) is 0 Å². The second-order valence-corrected chi connectivity index (χ2v) is 9.32. The van der Waals surface area contributed by atoms with Crippen LogP contribution in [0.1, 0.15) is 41.9 Å². The van der Waals surface area contributed by atoms with E-state index in [0.29, 0.717) is 36.4 Å². The van der Waals surface area contributed by atoms with Crippen molar-refractivity contribution in [3.05, 3.63) is 52.9 Å². The number of alkyl halides is 3. The van der Waals surface area contributed by atoms with E-state index in [0.717, 1.165) is 28.3 Å². The molecule has 1 aromatic carbocycles. The Labute approximate surface area is 192 Å². The van der Waals surface area contributed by atoms with E-state index in [1.165, 1.54) is 11.3 Å². The lowest BCUT2D eigenvalue weighted by molar-refractivity contribution is -0.141. The van der Waals surface area contributed by atoms with Gasteiger partial charge in [-0.25, -0.2) is 15.0 Å². The zero-order valence-corrected chi connectivity index (χ0v) is 18.6. The van der Waals surface area contributed by atoms with Crippen LogP contribution < -0.4 is 16.8 Å². The molecular weight excluding hydrogens is 453 g/mol. The zero-order chi connectivity index (χ0) is 23.8. The molecule has 174 valence electrons.